The molecular formula is C14H25N3. The van der Waals surface area contributed by atoms with Gasteiger partial charge in [-0.25, -0.2) is 4.98 Å². The normalized spacial score (nSPS) is 21.6. The van der Waals surface area contributed by atoms with Crippen LogP contribution in [0.15, 0.2) is 18.7 Å². The quantitative estimate of drug-likeness (QED) is 0.768. The molecule has 17 heavy (non-hydrogen) atoms. The van der Waals surface area contributed by atoms with Crippen molar-refractivity contribution in [2.45, 2.75) is 40.7 Å². The molecule has 0 spiro atoms. The van der Waals surface area contributed by atoms with Crippen LogP contribution in [-0.2, 0) is 6.54 Å². The molecule has 1 aliphatic rings. The van der Waals surface area contributed by atoms with Crippen molar-refractivity contribution in [2.75, 3.05) is 13.1 Å². The van der Waals surface area contributed by atoms with E-state index in [1.165, 1.54) is 6.42 Å². The van der Waals surface area contributed by atoms with Crippen molar-refractivity contribution >= 4 is 0 Å². The van der Waals surface area contributed by atoms with Gasteiger partial charge in [-0.15, -0.1) is 0 Å². The van der Waals surface area contributed by atoms with E-state index in [-0.39, 0.29) is 0 Å². The Labute approximate surface area is 105 Å². The maximum absolute atomic E-state index is 4.04. The molecule has 1 aliphatic carbocycles. The Morgan fingerprint density at radius 3 is 2.47 bits per heavy atom. The van der Waals surface area contributed by atoms with Crippen LogP contribution < -0.4 is 5.32 Å². The minimum Gasteiger partial charge on any atom is -0.337 e. The molecule has 0 saturated heterocycles. The Morgan fingerprint density at radius 2 is 1.94 bits per heavy atom. The van der Waals surface area contributed by atoms with E-state index in [4.69, 9.17) is 0 Å². The highest BCUT2D eigenvalue weighted by molar-refractivity contribution is 5.12. The fourth-order valence-corrected chi connectivity index (χ4v) is 2.90. The van der Waals surface area contributed by atoms with E-state index in [9.17, 15) is 0 Å². The van der Waals surface area contributed by atoms with E-state index in [1.807, 2.05) is 18.7 Å². The molecule has 3 nitrogen and oxygen atoms in total. The van der Waals surface area contributed by atoms with Gasteiger partial charge in [0.1, 0.15) is 0 Å². The summed E-state index contributed by atoms with van der Waals surface area (Å²) in [5.74, 6) is 0.822. The Balaban J connectivity index is 1.59. The van der Waals surface area contributed by atoms with Crippen molar-refractivity contribution in [2.24, 2.45) is 16.7 Å². The van der Waals surface area contributed by atoms with Gasteiger partial charge in [-0.3, -0.25) is 0 Å². The largest absolute Gasteiger partial charge is 0.337 e. The van der Waals surface area contributed by atoms with E-state index in [1.54, 1.807) is 0 Å². The van der Waals surface area contributed by atoms with Crippen LogP contribution in [0.2, 0.25) is 0 Å². The van der Waals surface area contributed by atoms with Gasteiger partial charge in [0.05, 0.1) is 6.33 Å². The molecule has 0 amide bonds. The van der Waals surface area contributed by atoms with Crippen molar-refractivity contribution in [3.8, 4) is 0 Å². The van der Waals surface area contributed by atoms with Crippen LogP contribution in [0.1, 0.15) is 34.1 Å². The molecule has 1 heterocycles. The monoisotopic (exact) mass is 235 g/mol. The molecule has 0 bridgehead atoms. The van der Waals surface area contributed by atoms with Crippen molar-refractivity contribution < 1.29 is 0 Å². The number of nitrogens with one attached hydrogen (secondary N) is 1. The summed E-state index contributed by atoms with van der Waals surface area (Å²) >= 11 is 0. The van der Waals surface area contributed by atoms with Crippen LogP contribution >= 0.6 is 0 Å². The van der Waals surface area contributed by atoms with E-state index in [0.717, 1.165) is 25.6 Å². The lowest BCUT2D eigenvalue weighted by Gasteiger charge is -2.06. The summed E-state index contributed by atoms with van der Waals surface area (Å²) in [6, 6.07) is 0. The van der Waals surface area contributed by atoms with Gasteiger partial charge in [0.25, 0.3) is 0 Å². The number of hydrogen-bond acceptors (Lipinski definition) is 2. The maximum atomic E-state index is 4.04. The third kappa shape index (κ3) is 2.39. The second-order valence-electron chi connectivity index (χ2n) is 6.35. The van der Waals surface area contributed by atoms with Gasteiger partial charge in [-0.2, -0.15) is 0 Å². The molecule has 3 heteroatoms. The van der Waals surface area contributed by atoms with Crippen LogP contribution in [0, 0.1) is 16.7 Å². The fraction of sp³-hybridized carbons (Fsp3) is 0.786. The van der Waals surface area contributed by atoms with E-state index < -0.39 is 0 Å². The molecule has 1 fully saturated rings. The lowest BCUT2D eigenvalue weighted by molar-refractivity contribution is 0.457. The smallest absolute Gasteiger partial charge is 0.0945 e. The summed E-state index contributed by atoms with van der Waals surface area (Å²) < 4.78 is 2.13. The van der Waals surface area contributed by atoms with Gasteiger partial charge in [0.15, 0.2) is 0 Å². The summed E-state index contributed by atoms with van der Waals surface area (Å²) in [6.07, 6.45) is 6.91. The zero-order valence-electron chi connectivity index (χ0n) is 11.5. The molecule has 0 aliphatic heterocycles. The van der Waals surface area contributed by atoms with Crippen molar-refractivity contribution in [3.05, 3.63) is 18.7 Å². The zero-order valence-corrected chi connectivity index (χ0v) is 11.5. The first-order valence-electron chi connectivity index (χ1n) is 6.63. The summed E-state index contributed by atoms with van der Waals surface area (Å²) in [5.41, 5.74) is 1.01. The Kier molecular flexibility index (Phi) is 3.30. The highest BCUT2D eigenvalue weighted by atomic mass is 15.0. The van der Waals surface area contributed by atoms with Crippen LogP contribution in [0.3, 0.4) is 0 Å². The summed E-state index contributed by atoms with van der Waals surface area (Å²) in [5, 5.41) is 3.59. The van der Waals surface area contributed by atoms with Crippen molar-refractivity contribution in [1.82, 2.24) is 14.9 Å². The third-order valence-corrected chi connectivity index (χ3v) is 5.00. The predicted molar refractivity (Wildman–Crippen MR) is 70.8 cm³/mol. The molecule has 1 N–H and O–H groups in total. The molecule has 1 aromatic heterocycles. The highest BCUT2D eigenvalue weighted by Crippen LogP contribution is 2.67. The highest BCUT2D eigenvalue weighted by Gasteiger charge is 2.63. The standard InChI is InChI=1S/C14H25N3/c1-13(2)12(14(13,3)4)10-15-6-5-8-17-9-7-16-11-17/h7,9,11-12,15H,5-6,8,10H2,1-4H3. The van der Waals surface area contributed by atoms with Gasteiger partial charge in [-0.1, -0.05) is 27.7 Å². The lowest BCUT2D eigenvalue weighted by Crippen LogP contribution is -2.21. The molecule has 1 saturated carbocycles. The first kappa shape index (κ1) is 12.6. The van der Waals surface area contributed by atoms with Crippen LogP contribution in [0.4, 0.5) is 0 Å². The van der Waals surface area contributed by atoms with Gasteiger partial charge in [0.2, 0.25) is 0 Å². The van der Waals surface area contributed by atoms with Crippen molar-refractivity contribution in [1.29, 1.82) is 0 Å². The minimum atomic E-state index is 0.504. The van der Waals surface area contributed by atoms with Gasteiger partial charge >= 0.3 is 0 Å². The number of aryl methyl sites for hydroxylation is 1. The van der Waals surface area contributed by atoms with E-state index >= 15 is 0 Å². The van der Waals surface area contributed by atoms with E-state index in [2.05, 4.69) is 42.6 Å². The van der Waals surface area contributed by atoms with Gasteiger partial charge in [-0.05, 0) is 36.3 Å². The molecule has 0 unspecified atom stereocenters. The topological polar surface area (TPSA) is 29.9 Å². The minimum absolute atomic E-state index is 0.504. The first-order valence-corrected chi connectivity index (χ1v) is 6.63. The zero-order chi connectivity index (χ0) is 12.5. The predicted octanol–water partition coefficient (Wildman–Crippen LogP) is 2.55. The molecule has 0 aromatic carbocycles. The van der Waals surface area contributed by atoms with Crippen molar-refractivity contribution in [3.63, 3.8) is 0 Å². The second kappa shape index (κ2) is 4.45. The van der Waals surface area contributed by atoms with E-state index in [0.29, 0.717) is 10.8 Å². The average molecular weight is 235 g/mol. The summed E-state index contributed by atoms with van der Waals surface area (Å²) in [7, 11) is 0. The average Bonchev–Trinajstić information content (AvgIpc) is 2.65. The summed E-state index contributed by atoms with van der Waals surface area (Å²) in [4.78, 5) is 4.04. The first-order chi connectivity index (χ1) is 7.96. The number of aromatic nitrogens is 2. The molecule has 96 valence electrons. The number of rotatable bonds is 6. The summed E-state index contributed by atoms with van der Waals surface area (Å²) in [6.45, 7) is 12.8. The molecule has 2 rings (SSSR count). The van der Waals surface area contributed by atoms with Crippen LogP contribution in [-0.4, -0.2) is 22.6 Å². The molecule has 0 atom stereocenters. The van der Waals surface area contributed by atoms with Gasteiger partial charge < -0.3 is 9.88 Å². The molecular weight excluding hydrogens is 210 g/mol. The molecule has 0 radical (unpaired) electrons. The SMILES string of the molecule is CC1(C)C(CNCCCn2ccnc2)C1(C)C. The lowest BCUT2D eigenvalue weighted by atomic mass is 10.0. The maximum Gasteiger partial charge on any atom is 0.0945 e. The fourth-order valence-electron chi connectivity index (χ4n) is 2.90. The van der Waals surface area contributed by atoms with Crippen LogP contribution in [0.5, 0.6) is 0 Å². The number of nitrogens with zero attached hydrogens (tertiary/aromatic N) is 2. The number of imidazole rings is 1. The van der Waals surface area contributed by atoms with Crippen LogP contribution in [0.25, 0.3) is 0 Å². The Morgan fingerprint density at radius 1 is 1.24 bits per heavy atom. The molecule has 1 aromatic rings. The van der Waals surface area contributed by atoms with Gasteiger partial charge in [0, 0.05) is 18.9 Å². The third-order valence-electron chi connectivity index (χ3n) is 5.00. The Hall–Kier alpha value is -0.830. The number of hydrogen-bond donors (Lipinski definition) is 1. The Bertz CT molecular complexity index is 338. The second-order valence-corrected chi connectivity index (χ2v) is 6.35.